The predicted octanol–water partition coefficient (Wildman–Crippen LogP) is 3.04. The highest BCUT2D eigenvalue weighted by Crippen LogP contribution is 2.35. The Balaban J connectivity index is 2.60. The summed E-state index contributed by atoms with van der Waals surface area (Å²) in [6.45, 7) is 1.95. The van der Waals surface area contributed by atoms with E-state index in [-0.39, 0.29) is 10.2 Å². The minimum absolute atomic E-state index is 0.00772. The number of alkyl halides is 3. The maximum atomic E-state index is 5.66. The Morgan fingerprint density at radius 1 is 1.70 bits per heavy atom. The molecular weight excluding hydrogens is 257 g/mol. The highest BCUT2D eigenvalue weighted by Gasteiger charge is 2.30. The molecule has 1 nitrogen and oxygen atoms in total. The van der Waals surface area contributed by atoms with Crippen LogP contribution in [-0.2, 0) is 0 Å². The Kier molecular flexibility index (Phi) is 3.35. The minimum Gasteiger partial charge on any atom is -0.275 e. The molecule has 0 fully saturated rings. The van der Waals surface area contributed by atoms with E-state index in [0.717, 1.165) is 5.04 Å². The van der Waals surface area contributed by atoms with Crippen molar-refractivity contribution in [1.82, 2.24) is 0 Å². The SMILES string of the molecule is CC1=NC(C(Cl)Cl)C(Br)S1. The van der Waals surface area contributed by atoms with Crippen LogP contribution in [0.1, 0.15) is 6.92 Å². The fourth-order valence-corrected chi connectivity index (χ4v) is 3.73. The average molecular weight is 263 g/mol. The summed E-state index contributed by atoms with van der Waals surface area (Å²) in [6, 6.07) is 0.00772. The third-order valence-corrected chi connectivity index (χ3v) is 3.71. The molecule has 0 aliphatic carbocycles. The van der Waals surface area contributed by atoms with Crippen LogP contribution in [0.15, 0.2) is 4.99 Å². The van der Waals surface area contributed by atoms with Crippen molar-refractivity contribution >= 4 is 55.9 Å². The zero-order chi connectivity index (χ0) is 7.72. The Hall–Kier alpha value is 1.08. The van der Waals surface area contributed by atoms with Gasteiger partial charge in [-0.2, -0.15) is 0 Å². The van der Waals surface area contributed by atoms with E-state index in [9.17, 15) is 0 Å². The van der Waals surface area contributed by atoms with Gasteiger partial charge < -0.3 is 0 Å². The molecule has 0 spiro atoms. The van der Waals surface area contributed by atoms with Crippen molar-refractivity contribution < 1.29 is 0 Å². The van der Waals surface area contributed by atoms with Crippen molar-refractivity contribution in [2.75, 3.05) is 0 Å². The van der Waals surface area contributed by atoms with Crippen molar-refractivity contribution in [3.05, 3.63) is 0 Å². The maximum Gasteiger partial charge on any atom is 0.132 e. The second-order valence-electron chi connectivity index (χ2n) is 1.94. The average Bonchev–Trinajstić information content (AvgIpc) is 2.10. The lowest BCUT2D eigenvalue weighted by atomic mass is 10.4. The highest BCUT2D eigenvalue weighted by molar-refractivity contribution is 9.11. The summed E-state index contributed by atoms with van der Waals surface area (Å²) in [5, 5.41) is 1.04. The van der Waals surface area contributed by atoms with Gasteiger partial charge in [0.25, 0.3) is 0 Å². The molecule has 5 heteroatoms. The van der Waals surface area contributed by atoms with Crippen LogP contribution in [0.25, 0.3) is 0 Å². The van der Waals surface area contributed by atoms with Crippen molar-refractivity contribution in [3.8, 4) is 0 Å². The summed E-state index contributed by atoms with van der Waals surface area (Å²) in [5.74, 6) is 0. The predicted molar refractivity (Wildman–Crippen MR) is 52.7 cm³/mol. The third-order valence-electron chi connectivity index (χ3n) is 1.14. The molecule has 0 aromatic rings. The molecule has 0 aromatic carbocycles. The molecule has 1 aliphatic rings. The van der Waals surface area contributed by atoms with E-state index in [4.69, 9.17) is 23.2 Å². The van der Waals surface area contributed by atoms with Gasteiger partial charge in [0.1, 0.15) is 10.9 Å². The Morgan fingerprint density at radius 3 is 2.50 bits per heavy atom. The minimum atomic E-state index is -0.408. The third kappa shape index (κ3) is 2.03. The van der Waals surface area contributed by atoms with Crippen LogP contribution in [0.3, 0.4) is 0 Å². The van der Waals surface area contributed by atoms with E-state index in [2.05, 4.69) is 20.9 Å². The molecule has 2 unspecified atom stereocenters. The van der Waals surface area contributed by atoms with Crippen LogP contribution >= 0.6 is 50.9 Å². The lowest BCUT2D eigenvalue weighted by Gasteiger charge is -2.10. The first kappa shape index (κ1) is 9.17. The van der Waals surface area contributed by atoms with Crippen molar-refractivity contribution in [2.45, 2.75) is 22.0 Å². The summed E-state index contributed by atoms with van der Waals surface area (Å²) in [7, 11) is 0. The van der Waals surface area contributed by atoms with Crippen LogP contribution in [0, 0.1) is 0 Å². The van der Waals surface area contributed by atoms with Gasteiger partial charge in [-0.25, -0.2) is 0 Å². The van der Waals surface area contributed by atoms with Crippen molar-refractivity contribution in [1.29, 1.82) is 0 Å². The van der Waals surface area contributed by atoms with Gasteiger partial charge in [-0.3, -0.25) is 4.99 Å². The fraction of sp³-hybridized carbons (Fsp3) is 0.800. The smallest absolute Gasteiger partial charge is 0.132 e. The monoisotopic (exact) mass is 261 g/mol. The van der Waals surface area contributed by atoms with E-state index in [1.165, 1.54) is 0 Å². The van der Waals surface area contributed by atoms with E-state index < -0.39 is 4.84 Å². The van der Waals surface area contributed by atoms with E-state index in [1.54, 1.807) is 11.8 Å². The zero-order valence-corrected chi connectivity index (χ0v) is 9.14. The molecule has 1 rings (SSSR count). The number of aliphatic imine (C=N–C) groups is 1. The first-order chi connectivity index (χ1) is 4.61. The van der Waals surface area contributed by atoms with Gasteiger partial charge >= 0.3 is 0 Å². The summed E-state index contributed by atoms with van der Waals surface area (Å²) in [4.78, 5) is 3.83. The second kappa shape index (κ2) is 3.65. The molecule has 0 aromatic heterocycles. The van der Waals surface area contributed by atoms with Crippen LogP contribution in [0.4, 0.5) is 0 Å². The number of rotatable bonds is 1. The van der Waals surface area contributed by atoms with Gasteiger partial charge in [0, 0.05) is 0 Å². The van der Waals surface area contributed by atoms with Crippen LogP contribution < -0.4 is 0 Å². The van der Waals surface area contributed by atoms with Gasteiger partial charge in [0.15, 0.2) is 0 Å². The molecule has 58 valence electrons. The molecule has 0 N–H and O–H groups in total. The van der Waals surface area contributed by atoms with Crippen LogP contribution in [0.2, 0.25) is 0 Å². The Labute approximate surface area is 82.7 Å². The number of thioether (sulfide) groups is 1. The normalized spacial score (nSPS) is 33.1. The highest BCUT2D eigenvalue weighted by atomic mass is 79.9. The fourth-order valence-electron chi connectivity index (χ4n) is 0.702. The van der Waals surface area contributed by atoms with Crippen LogP contribution in [-0.4, -0.2) is 20.1 Å². The molecule has 10 heavy (non-hydrogen) atoms. The first-order valence-corrected chi connectivity index (χ1v) is 5.41. The molecule has 0 saturated carbocycles. The van der Waals surface area contributed by atoms with Crippen molar-refractivity contribution in [2.24, 2.45) is 4.99 Å². The largest absolute Gasteiger partial charge is 0.275 e. The lowest BCUT2D eigenvalue weighted by molar-refractivity contribution is 0.812. The van der Waals surface area contributed by atoms with Gasteiger partial charge in [-0.1, -0.05) is 27.7 Å². The molecular formula is C5H6BrCl2NS. The quantitative estimate of drug-likeness (QED) is 0.662. The Bertz CT molecular complexity index is 162. The maximum absolute atomic E-state index is 5.66. The number of hydrogen-bond donors (Lipinski definition) is 0. The molecule has 0 amide bonds. The van der Waals surface area contributed by atoms with Gasteiger partial charge in [0.05, 0.1) is 9.20 Å². The number of halogens is 3. The summed E-state index contributed by atoms with van der Waals surface area (Å²) >= 11 is 16.4. The number of hydrogen-bond acceptors (Lipinski definition) is 2. The van der Waals surface area contributed by atoms with E-state index >= 15 is 0 Å². The van der Waals surface area contributed by atoms with Crippen LogP contribution in [0.5, 0.6) is 0 Å². The topological polar surface area (TPSA) is 12.4 Å². The van der Waals surface area contributed by atoms with Gasteiger partial charge in [0.2, 0.25) is 0 Å². The lowest BCUT2D eigenvalue weighted by Crippen LogP contribution is -2.18. The molecule has 2 atom stereocenters. The zero-order valence-electron chi connectivity index (χ0n) is 5.22. The summed E-state index contributed by atoms with van der Waals surface area (Å²) in [5.41, 5.74) is 0. The summed E-state index contributed by atoms with van der Waals surface area (Å²) < 4.78 is 0.243. The van der Waals surface area contributed by atoms with Gasteiger partial charge in [-0.05, 0) is 6.92 Å². The number of nitrogens with zero attached hydrogens (tertiary/aromatic N) is 1. The summed E-state index contributed by atoms with van der Waals surface area (Å²) in [6.07, 6.45) is 0. The molecule has 0 radical (unpaired) electrons. The first-order valence-electron chi connectivity index (χ1n) is 2.74. The molecule has 0 bridgehead atoms. The standard InChI is InChI=1S/C5H6BrCl2NS/c1-2-9-3(5(7)8)4(6)10-2/h3-5H,1H3. The molecule has 1 heterocycles. The molecule has 0 saturated heterocycles. The van der Waals surface area contributed by atoms with E-state index in [1.807, 2.05) is 6.92 Å². The van der Waals surface area contributed by atoms with Gasteiger partial charge in [-0.15, -0.1) is 23.2 Å². The second-order valence-corrected chi connectivity index (χ2v) is 6.03. The Morgan fingerprint density at radius 2 is 2.30 bits per heavy atom. The van der Waals surface area contributed by atoms with Crippen molar-refractivity contribution in [3.63, 3.8) is 0 Å². The van der Waals surface area contributed by atoms with E-state index in [0.29, 0.717) is 0 Å². The molecule has 1 aliphatic heterocycles.